The zero-order valence-corrected chi connectivity index (χ0v) is 11.9. The molecule has 0 saturated heterocycles. The molecule has 0 atom stereocenters. The van der Waals surface area contributed by atoms with Gasteiger partial charge in [-0.3, -0.25) is 0 Å². The summed E-state index contributed by atoms with van der Waals surface area (Å²) in [7, 11) is 0. The average molecular weight is 316 g/mol. The molecule has 100 valence electrons. The molecule has 1 rings (SSSR count). The summed E-state index contributed by atoms with van der Waals surface area (Å²) in [6, 6.07) is 5.66. The number of nitrogens with two attached hydrogens (primary N) is 1. The van der Waals surface area contributed by atoms with Crippen molar-refractivity contribution in [2.45, 2.75) is 13.3 Å². The number of aliphatic hydroxyl groups excluding tert-OH is 1. The molecule has 0 heterocycles. The summed E-state index contributed by atoms with van der Waals surface area (Å²) in [6.07, 6.45) is 0.677. The lowest BCUT2D eigenvalue weighted by Gasteiger charge is -2.25. The Labute approximate surface area is 115 Å². The second kappa shape index (κ2) is 7.23. The topological polar surface area (TPSA) is 82.1 Å². The quantitative estimate of drug-likeness (QED) is 0.323. The number of rotatable bonds is 6. The molecule has 0 aliphatic carbocycles. The summed E-state index contributed by atoms with van der Waals surface area (Å²) in [4.78, 5) is 2.08. The van der Waals surface area contributed by atoms with Crippen LogP contribution in [0.25, 0.3) is 0 Å². The van der Waals surface area contributed by atoms with Gasteiger partial charge in [0, 0.05) is 29.9 Å². The molecule has 0 fully saturated rings. The number of oxime groups is 1. The van der Waals surface area contributed by atoms with Crippen LogP contribution in [0.5, 0.6) is 0 Å². The van der Waals surface area contributed by atoms with Gasteiger partial charge in [-0.2, -0.15) is 0 Å². The minimum absolute atomic E-state index is 0.0694. The monoisotopic (exact) mass is 315 g/mol. The lowest BCUT2D eigenvalue weighted by Crippen LogP contribution is -2.28. The maximum absolute atomic E-state index is 8.91. The molecular formula is C12H18BrN3O2. The highest BCUT2D eigenvalue weighted by Crippen LogP contribution is 2.27. The Bertz CT molecular complexity index is 424. The van der Waals surface area contributed by atoms with Crippen LogP contribution >= 0.6 is 15.9 Å². The molecule has 0 radical (unpaired) electrons. The maximum atomic E-state index is 8.91. The molecule has 5 nitrogen and oxygen atoms in total. The molecule has 4 N–H and O–H groups in total. The number of hydrogen-bond donors (Lipinski definition) is 3. The van der Waals surface area contributed by atoms with Crippen LogP contribution in [-0.4, -0.2) is 35.8 Å². The van der Waals surface area contributed by atoms with E-state index in [2.05, 4.69) is 26.0 Å². The van der Waals surface area contributed by atoms with E-state index in [0.717, 1.165) is 23.2 Å². The van der Waals surface area contributed by atoms with Crippen LogP contribution < -0.4 is 10.6 Å². The first kappa shape index (κ1) is 14.8. The summed E-state index contributed by atoms with van der Waals surface area (Å²) in [5, 5.41) is 20.8. The molecule has 0 spiro atoms. The van der Waals surface area contributed by atoms with Crippen LogP contribution in [0.1, 0.15) is 18.9 Å². The van der Waals surface area contributed by atoms with E-state index in [0.29, 0.717) is 12.0 Å². The van der Waals surface area contributed by atoms with E-state index in [1.807, 2.05) is 25.1 Å². The van der Waals surface area contributed by atoms with Crippen molar-refractivity contribution in [1.29, 1.82) is 0 Å². The third kappa shape index (κ3) is 3.36. The van der Waals surface area contributed by atoms with E-state index in [1.54, 1.807) is 0 Å². The molecule has 0 unspecified atom stereocenters. The van der Waals surface area contributed by atoms with Crippen molar-refractivity contribution >= 4 is 27.5 Å². The first-order valence-electron chi connectivity index (χ1n) is 5.77. The van der Waals surface area contributed by atoms with E-state index in [9.17, 15) is 0 Å². The molecular weight excluding hydrogens is 298 g/mol. The highest BCUT2D eigenvalue weighted by molar-refractivity contribution is 9.10. The van der Waals surface area contributed by atoms with E-state index >= 15 is 0 Å². The minimum Gasteiger partial charge on any atom is -0.409 e. The first-order valence-corrected chi connectivity index (χ1v) is 6.57. The second-order valence-electron chi connectivity index (χ2n) is 3.78. The number of nitrogens with zero attached hydrogens (tertiary/aromatic N) is 2. The molecule has 0 aliphatic heterocycles. The van der Waals surface area contributed by atoms with Crippen molar-refractivity contribution in [3.8, 4) is 0 Å². The van der Waals surface area contributed by atoms with Crippen LogP contribution in [0.2, 0.25) is 0 Å². The fraction of sp³-hybridized carbons (Fsp3) is 0.417. The van der Waals surface area contributed by atoms with E-state index < -0.39 is 0 Å². The molecule has 1 aromatic carbocycles. The van der Waals surface area contributed by atoms with Gasteiger partial charge in [-0.1, -0.05) is 11.2 Å². The predicted octanol–water partition coefficient (Wildman–Crippen LogP) is 1.75. The molecule has 6 heteroatoms. The second-order valence-corrected chi connectivity index (χ2v) is 4.63. The van der Waals surface area contributed by atoms with Crippen molar-refractivity contribution in [3.05, 3.63) is 28.2 Å². The number of halogens is 1. The molecule has 1 aromatic rings. The molecule has 0 aliphatic rings. The zero-order valence-electron chi connectivity index (χ0n) is 10.3. The Balaban J connectivity index is 3.17. The molecule has 0 saturated carbocycles. The first-order chi connectivity index (χ1) is 8.65. The lowest BCUT2D eigenvalue weighted by molar-refractivity contribution is 0.289. The molecule has 0 bridgehead atoms. The van der Waals surface area contributed by atoms with Gasteiger partial charge in [0.1, 0.15) is 0 Å². The van der Waals surface area contributed by atoms with Gasteiger partial charge in [-0.25, -0.2) is 0 Å². The maximum Gasteiger partial charge on any atom is 0.173 e. The third-order valence-corrected chi connectivity index (χ3v) is 3.32. The van der Waals surface area contributed by atoms with Crippen molar-refractivity contribution in [2.75, 3.05) is 24.6 Å². The van der Waals surface area contributed by atoms with Crippen LogP contribution in [0.15, 0.2) is 27.8 Å². The number of anilines is 1. The van der Waals surface area contributed by atoms with Crippen LogP contribution in [0.3, 0.4) is 0 Å². The highest BCUT2D eigenvalue weighted by atomic mass is 79.9. The summed E-state index contributed by atoms with van der Waals surface area (Å²) in [5.41, 5.74) is 7.26. The Morgan fingerprint density at radius 2 is 2.22 bits per heavy atom. The Morgan fingerprint density at radius 3 is 2.78 bits per heavy atom. The standard InChI is InChI=1S/C12H18BrN3O2/c1-2-16(7-4-8-17)10-6-3-5-9(13)11(10)12(14)15-18/h3,5-6,17-18H,2,4,7-8H2,1H3,(H2,14,15). The minimum atomic E-state index is 0.0694. The molecule has 0 amide bonds. The van der Waals surface area contributed by atoms with Gasteiger partial charge >= 0.3 is 0 Å². The number of amidine groups is 1. The fourth-order valence-electron chi connectivity index (χ4n) is 1.79. The third-order valence-electron chi connectivity index (χ3n) is 2.66. The van der Waals surface area contributed by atoms with Gasteiger partial charge in [0.15, 0.2) is 5.84 Å². The Kier molecular flexibility index (Phi) is 5.94. The lowest BCUT2D eigenvalue weighted by atomic mass is 10.1. The van der Waals surface area contributed by atoms with Crippen LogP contribution in [0, 0.1) is 0 Å². The number of benzene rings is 1. The predicted molar refractivity (Wildman–Crippen MR) is 76.2 cm³/mol. The highest BCUT2D eigenvalue weighted by Gasteiger charge is 2.15. The van der Waals surface area contributed by atoms with Crippen LogP contribution in [0.4, 0.5) is 5.69 Å². The van der Waals surface area contributed by atoms with Crippen LogP contribution in [-0.2, 0) is 0 Å². The average Bonchev–Trinajstić information content (AvgIpc) is 2.39. The van der Waals surface area contributed by atoms with E-state index in [1.165, 1.54) is 0 Å². The van der Waals surface area contributed by atoms with Crippen molar-refractivity contribution in [3.63, 3.8) is 0 Å². The van der Waals surface area contributed by atoms with Crippen molar-refractivity contribution < 1.29 is 10.3 Å². The van der Waals surface area contributed by atoms with Gasteiger partial charge in [0.2, 0.25) is 0 Å². The van der Waals surface area contributed by atoms with Gasteiger partial charge < -0.3 is 20.9 Å². The SMILES string of the molecule is CCN(CCCO)c1cccc(Br)c1/C(N)=N/O. The smallest absolute Gasteiger partial charge is 0.173 e. The Morgan fingerprint density at radius 1 is 1.50 bits per heavy atom. The summed E-state index contributed by atoms with van der Waals surface area (Å²) < 4.78 is 0.776. The van der Waals surface area contributed by atoms with Gasteiger partial charge in [-0.15, -0.1) is 0 Å². The number of aliphatic hydroxyl groups is 1. The van der Waals surface area contributed by atoms with E-state index in [-0.39, 0.29) is 12.4 Å². The summed E-state index contributed by atoms with van der Waals surface area (Å²) in [5.74, 6) is 0.0694. The molecule has 0 aromatic heterocycles. The van der Waals surface area contributed by atoms with Gasteiger partial charge in [0.25, 0.3) is 0 Å². The number of hydrogen-bond acceptors (Lipinski definition) is 4. The Hall–Kier alpha value is -1.27. The van der Waals surface area contributed by atoms with Gasteiger partial charge in [0.05, 0.1) is 5.56 Å². The van der Waals surface area contributed by atoms with Crippen molar-refractivity contribution in [1.82, 2.24) is 0 Å². The van der Waals surface area contributed by atoms with Gasteiger partial charge in [-0.05, 0) is 41.4 Å². The normalized spacial score (nSPS) is 11.6. The fourth-order valence-corrected chi connectivity index (χ4v) is 2.35. The largest absolute Gasteiger partial charge is 0.409 e. The summed E-state index contributed by atoms with van der Waals surface area (Å²) >= 11 is 3.41. The van der Waals surface area contributed by atoms with Crippen molar-refractivity contribution in [2.24, 2.45) is 10.9 Å². The summed E-state index contributed by atoms with van der Waals surface area (Å²) in [6.45, 7) is 3.66. The molecule has 18 heavy (non-hydrogen) atoms. The zero-order chi connectivity index (χ0) is 13.5. The van der Waals surface area contributed by atoms with E-state index in [4.69, 9.17) is 16.0 Å².